The number of ether oxygens (including phenoxy) is 2. The predicted octanol–water partition coefficient (Wildman–Crippen LogP) is 5.94. The van der Waals surface area contributed by atoms with Gasteiger partial charge in [-0.05, 0) is 60.2 Å². The van der Waals surface area contributed by atoms with Gasteiger partial charge < -0.3 is 14.8 Å². The average Bonchev–Trinajstić information content (AvgIpc) is 2.69. The third-order valence-electron chi connectivity index (χ3n) is 3.84. The number of carbonyl (C=O) groups excluding carboxylic acids is 1. The van der Waals surface area contributed by atoms with Crippen LogP contribution in [0.15, 0.2) is 71.2 Å². The first-order valence-corrected chi connectivity index (χ1v) is 9.34. The molecule has 1 N–H and O–H groups in total. The summed E-state index contributed by atoms with van der Waals surface area (Å²) in [6.45, 7) is 0.373. The van der Waals surface area contributed by atoms with Gasteiger partial charge in [-0.3, -0.25) is 4.79 Å². The van der Waals surface area contributed by atoms with Crippen LogP contribution in [-0.4, -0.2) is 13.0 Å². The molecule has 0 saturated carbocycles. The molecule has 0 bridgehead atoms. The molecule has 0 aliphatic carbocycles. The van der Waals surface area contributed by atoms with Crippen LogP contribution in [0.2, 0.25) is 5.02 Å². The Bertz CT molecular complexity index is 927. The molecule has 0 heterocycles. The highest BCUT2D eigenvalue weighted by Gasteiger charge is 2.12. The first-order valence-electron chi connectivity index (χ1n) is 8.17. The second-order valence-corrected chi connectivity index (χ2v) is 7.09. The van der Waals surface area contributed by atoms with Crippen LogP contribution in [-0.2, 0) is 6.61 Å². The smallest absolute Gasteiger partial charge is 0.255 e. The van der Waals surface area contributed by atoms with E-state index >= 15 is 0 Å². The molecule has 0 radical (unpaired) electrons. The van der Waals surface area contributed by atoms with Gasteiger partial charge in [0, 0.05) is 20.7 Å². The van der Waals surface area contributed by atoms with E-state index in [2.05, 4.69) is 21.2 Å². The molecule has 3 aromatic rings. The standard InChI is InChI=1S/C21H17BrClNO3/c1-26-20-12-15(21(25)24-18-9-5-16(22)6-10-18)4-11-19(20)27-13-14-2-7-17(23)8-3-14/h2-12H,13H2,1H3,(H,24,25). The predicted molar refractivity (Wildman–Crippen MR) is 111 cm³/mol. The lowest BCUT2D eigenvalue weighted by Crippen LogP contribution is -2.12. The van der Waals surface area contributed by atoms with Crippen molar-refractivity contribution in [2.45, 2.75) is 6.61 Å². The average molecular weight is 447 g/mol. The summed E-state index contributed by atoms with van der Waals surface area (Å²) < 4.78 is 12.1. The molecule has 1 amide bonds. The number of methoxy groups -OCH3 is 1. The van der Waals surface area contributed by atoms with E-state index in [1.807, 2.05) is 48.5 Å². The first kappa shape index (κ1) is 19.3. The third kappa shape index (κ3) is 5.25. The number of nitrogens with one attached hydrogen (secondary N) is 1. The Morgan fingerprint density at radius 2 is 1.70 bits per heavy atom. The van der Waals surface area contributed by atoms with Gasteiger partial charge in [-0.2, -0.15) is 0 Å². The lowest BCUT2D eigenvalue weighted by atomic mass is 10.1. The number of benzene rings is 3. The molecule has 3 rings (SSSR count). The van der Waals surface area contributed by atoms with E-state index < -0.39 is 0 Å². The minimum Gasteiger partial charge on any atom is -0.493 e. The summed E-state index contributed by atoms with van der Waals surface area (Å²) >= 11 is 9.26. The zero-order chi connectivity index (χ0) is 19.2. The van der Waals surface area contributed by atoms with Gasteiger partial charge in [-0.25, -0.2) is 0 Å². The molecule has 0 fully saturated rings. The molecular weight excluding hydrogens is 430 g/mol. The van der Waals surface area contributed by atoms with Crippen LogP contribution < -0.4 is 14.8 Å². The van der Waals surface area contributed by atoms with Crippen LogP contribution in [0, 0.1) is 0 Å². The second kappa shape index (κ2) is 8.93. The normalized spacial score (nSPS) is 10.3. The first-order chi connectivity index (χ1) is 13.0. The van der Waals surface area contributed by atoms with Gasteiger partial charge in [-0.1, -0.05) is 39.7 Å². The molecule has 0 aliphatic rings. The van der Waals surface area contributed by atoms with Crippen LogP contribution in [0.3, 0.4) is 0 Å². The Morgan fingerprint density at radius 3 is 2.37 bits per heavy atom. The lowest BCUT2D eigenvalue weighted by molar-refractivity contribution is 0.102. The van der Waals surface area contributed by atoms with E-state index in [1.165, 1.54) is 0 Å². The van der Waals surface area contributed by atoms with E-state index in [1.54, 1.807) is 25.3 Å². The van der Waals surface area contributed by atoms with Crippen molar-refractivity contribution >= 4 is 39.1 Å². The number of rotatable bonds is 6. The topological polar surface area (TPSA) is 47.6 Å². The summed E-state index contributed by atoms with van der Waals surface area (Å²) in [6, 6.07) is 19.9. The van der Waals surface area contributed by atoms with Gasteiger partial charge in [0.15, 0.2) is 11.5 Å². The molecule has 138 valence electrons. The maximum Gasteiger partial charge on any atom is 0.255 e. The molecule has 0 atom stereocenters. The fourth-order valence-corrected chi connectivity index (χ4v) is 2.80. The summed E-state index contributed by atoms with van der Waals surface area (Å²) in [5.74, 6) is 0.833. The van der Waals surface area contributed by atoms with Gasteiger partial charge in [0.25, 0.3) is 5.91 Å². The highest BCUT2D eigenvalue weighted by atomic mass is 79.9. The number of amides is 1. The third-order valence-corrected chi connectivity index (χ3v) is 4.62. The molecule has 0 unspecified atom stereocenters. The summed E-state index contributed by atoms with van der Waals surface area (Å²) in [4.78, 5) is 12.5. The number of hydrogen-bond donors (Lipinski definition) is 1. The van der Waals surface area contributed by atoms with Crippen molar-refractivity contribution in [1.82, 2.24) is 0 Å². The van der Waals surface area contributed by atoms with Crippen molar-refractivity contribution in [1.29, 1.82) is 0 Å². The largest absolute Gasteiger partial charge is 0.493 e. The van der Waals surface area contributed by atoms with Crippen molar-refractivity contribution in [3.05, 3.63) is 87.4 Å². The van der Waals surface area contributed by atoms with E-state index in [-0.39, 0.29) is 5.91 Å². The summed E-state index contributed by atoms with van der Waals surface area (Å²) in [6.07, 6.45) is 0. The zero-order valence-electron chi connectivity index (χ0n) is 14.5. The van der Waals surface area contributed by atoms with E-state index in [9.17, 15) is 4.79 Å². The van der Waals surface area contributed by atoms with Crippen molar-refractivity contribution in [2.24, 2.45) is 0 Å². The molecule has 0 saturated heterocycles. The molecule has 6 heteroatoms. The maximum absolute atomic E-state index is 12.5. The molecule has 0 aromatic heterocycles. The van der Waals surface area contributed by atoms with E-state index in [0.29, 0.717) is 34.4 Å². The number of carbonyl (C=O) groups is 1. The molecule has 27 heavy (non-hydrogen) atoms. The van der Waals surface area contributed by atoms with Gasteiger partial charge in [0.05, 0.1) is 7.11 Å². The molecule has 4 nitrogen and oxygen atoms in total. The van der Waals surface area contributed by atoms with Crippen molar-refractivity contribution < 1.29 is 14.3 Å². The summed E-state index contributed by atoms with van der Waals surface area (Å²) in [7, 11) is 1.54. The van der Waals surface area contributed by atoms with Gasteiger partial charge in [0.1, 0.15) is 6.61 Å². The van der Waals surface area contributed by atoms with E-state index in [4.69, 9.17) is 21.1 Å². The van der Waals surface area contributed by atoms with Crippen molar-refractivity contribution in [3.63, 3.8) is 0 Å². The molecule has 3 aromatic carbocycles. The monoisotopic (exact) mass is 445 g/mol. The highest BCUT2D eigenvalue weighted by Crippen LogP contribution is 2.29. The minimum absolute atomic E-state index is 0.222. The molecular formula is C21H17BrClNO3. The van der Waals surface area contributed by atoms with Crippen LogP contribution >= 0.6 is 27.5 Å². The minimum atomic E-state index is -0.222. The van der Waals surface area contributed by atoms with E-state index in [0.717, 1.165) is 10.0 Å². The van der Waals surface area contributed by atoms with Crippen molar-refractivity contribution in [2.75, 3.05) is 12.4 Å². The Labute approximate surface area is 171 Å². The fourth-order valence-electron chi connectivity index (χ4n) is 2.41. The van der Waals surface area contributed by atoms with Crippen molar-refractivity contribution in [3.8, 4) is 11.5 Å². The molecule has 0 aliphatic heterocycles. The van der Waals surface area contributed by atoms with Crippen LogP contribution in [0.1, 0.15) is 15.9 Å². The number of hydrogen-bond acceptors (Lipinski definition) is 3. The van der Waals surface area contributed by atoms with Gasteiger partial charge >= 0.3 is 0 Å². The highest BCUT2D eigenvalue weighted by molar-refractivity contribution is 9.10. The second-order valence-electron chi connectivity index (χ2n) is 5.74. The van der Waals surface area contributed by atoms with Crippen LogP contribution in [0.5, 0.6) is 11.5 Å². The zero-order valence-corrected chi connectivity index (χ0v) is 16.9. The Balaban J connectivity index is 1.70. The summed E-state index contributed by atoms with van der Waals surface area (Å²) in [5.41, 5.74) is 2.18. The van der Waals surface area contributed by atoms with Gasteiger partial charge in [-0.15, -0.1) is 0 Å². The lowest BCUT2D eigenvalue weighted by Gasteiger charge is -2.12. The Morgan fingerprint density at radius 1 is 1.00 bits per heavy atom. The molecule has 0 spiro atoms. The number of halogens is 2. The number of anilines is 1. The maximum atomic E-state index is 12.5. The Hall–Kier alpha value is -2.50. The SMILES string of the molecule is COc1cc(C(=O)Nc2ccc(Br)cc2)ccc1OCc1ccc(Cl)cc1. The summed E-state index contributed by atoms with van der Waals surface area (Å²) in [5, 5.41) is 3.53. The van der Waals surface area contributed by atoms with Gasteiger partial charge in [0.2, 0.25) is 0 Å². The van der Waals surface area contributed by atoms with Crippen LogP contribution in [0.25, 0.3) is 0 Å². The van der Waals surface area contributed by atoms with Crippen LogP contribution in [0.4, 0.5) is 5.69 Å². The Kier molecular flexibility index (Phi) is 6.37. The fraction of sp³-hybridized carbons (Fsp3) is 0.0952. The quantitative estimate of drug-likeness (QED) is 0.509.